The predicted octanol–water partition coefficient (Wildman–Crippen LogP) is 2.71. The predicted molar refractivity (Wildman–Crippen MR) is 72.5 cm³/mol. The van der Waals surface area contributed by atoms with E-state index in [1.54, 1.807) is 18.2 Å². The second-order valence-corrected chi connectivity index (χ2v) is 6.02. The summed E-state index contributed by atoms with van der Waals surface area (Å²) in [4.78, 5) is 12.4. The van der Waals surface area contributed by atoms with E-state index < -0.39 is 0 Å². The zero-order valence-electron chi connectivity index (χ0n) is 10.4. The monoisotopic (exact) mass is 313 g/mol. The summed E-state index contributed by atoms with van der Waals surface area (Å²) < 4.78 is 10.5. The molecule has 2 atom stereocenters. The molecule has 1 aromatic carbocycles. The van der Waals surface area contributed by atoms with Gasteiger partial charge < -0.3 is 14.8 Å². The first-order valence-corrected chi connectivity index (χ1v) is 6.82. The molecule has 98 valence electrons. The van der Waals surface area contributed by atoms with Gasteiger partial charge >= 0.3 is 0 Å². The number of hydrogen-bond acceptors (Lipinski definition) is 3. The Labute approximate surface area is 115 Å². The third-order valence-electron chi connectivity index (χ3n) is 2.69. The van der Waals surface area contributed by atoms with Crippen LogP contribution in [0.25, 0.3) is 0 Å². The van der Waals surface area contributed by atoms with Crippen LogP contribution in [0.15, 0.2) is 18.2 Å². The summed E-state index contributed by atoms with van der Waals surface area (Å²) in [5.41, 5.74) is 0.591. The summed E-state index contributed by atoms with van der Waals surface area (Å²) in [7, 11) is 0. The van der Waals surface area contributed by atoms with Crippen LogP contribution in [0.1, 0.15) is 30.6 Å². The summed E-state index contributed by atoms with van der Waals surface area (Å²) in [6.45, 7) is 4.27. The van der Waals surface area contributed by atoms with Gasteiger partial charge in [-0.15, -0.1) is 0 Å². The van der Waals surface area contributed by atoms with Gasteiger partial charge in [-0.25, -0.2) is 0 Å². The molecule has 4 nitrogen and oxygen atoms in total. The van der Waals surface area contributed by atoms with Gasteiger partial charge in [0.25, 0.3) is 5.91 Å². The normalized spacial score (nSPS) is 16.2. The van der Waals surface area contributed by atoms with Crippen molar-refractivity contribution in [2.24, 2.45) is 0 Å². The third kappa shape index (κ3) is 3.16. The Hall–Kier alpha value is -1.23. The van der Waals surface area contributed by atoms with Gasteiger partial charge in [-0.3, -0.25) is 4.79 Å². The van der Waals surface area contributed by atoms with Crippen molar-refractivity contribution >= 4 is 21.8 Å². The van der Waals surface area contributed by atoms with Crippen molar-refractivity contribution < 1.29 is 14.3 Å². The quantitative estimate of drug-likeness (QED) is 0.869. The highest BCUT2D eigenvalue weighted by atomic mass is 79.9. The van der Waals surface area contributed by atoms with Gasteiger partial charge in [0.2, 0.25) is 6.79 Å². The lowest BCUT2D eigenvalue weighted by molar-refractivity contribution is 0.0938. The maximum absolute atomic E-state index is 12.0. The number of halogens is 1. The number of hydrogen-bond donors (Lipinski definition) is 1. The van der Waals surface area contributed by atoms with Crippen LogP contribution in [-0.4, -0.2) is 23.6 Å². The molecular weight excluding hydrogens is 298 g/mol. The fourth-order valence-electron chi connectivity index (χ4n) is 1.89. The first kappa shape index (κ1) is 13.2. The van der Waals surface area contributed by atoms with Gasteiger partial charge in [-0.2, -0.15) is 0 Å². The van der Waals surface area contributed by atoms with Crippen LogP contribution in [0.2, 0.25) is 0 Å². The average Bonchev–Trinajstić information content (AvgIpc) is 2.74. The van der Waals surface area contributed by atoms with Crippen LogP contribution < -0.4 is 14.8 Å². The summed E-state index contributed by atoms with van der Waals surface area (Å²) in [6, 6.07) is 5.33. The number of benzene rings is 1. The molecule has 18 heavy (non-hydrogen) atoms. The van der Waals surface area contributed by atoms with E-state index in [0.717, 1.165) is 6.42 Å². The molecule has 1 aliphatic rings. The fourth-order valence-corrected chi connectivity index (χ4v) is 2.45. The lowest BCUT2D eigenvalue weighted by Crippen LogP contribution is -2.33. The van der Waals surface area contributed by atoms with E-state index in [4.69, 9.17) is 9.47 Å². The molecule has 1 N–H and O–H groups in total. The molecule has 0 bridgehead atoms. The number of carbonyl (C=O) groups excluding carboxylic acids is 1. The number of ether oxygens (including phenoxy) is 2. The van der Waals surface area contributed by atoms with Gasteiger partial charge in [0, 0.05) is 16.4 Å². The fraction of sp³-hybridized carbons (Fsp3) is 0.462. The van der Waals surface area contributed by atoms with Gasteiger partial charge in [0.1, 0.15) is 0 Å². The average molecular weight is 314 g/mol. The Kier molecular flexibility index (Phi) is 4.11. The van der Waals surface area contributed by atoms with Crippen LogP contribution in [0.3, 0.4) is 0 Å². The Morgan fingerprint density at radius 2 is 2.11 bits per heavy atom. The lowest BCUT2D eigenvalue weighted by atomic mass is 10.1. The second kappa shape index (κ2) is 5.61. The Morgan fingerprint density at radius 3 is 2.83 bits per heavy atom. The minimum atomic E-state index is -0.0889. The van der Waals surface area contributed by atoms with E-state index in [1.807, 2.05) is 6.92 Å². The largest absolute Gasteiger partial charge is 0.454 e. The first-order valence-electron chi connectivity index (χ1n) is 5.91. The van der Waals surface area contributed by atoms with E-state index in [2.05, 4.69) is 28.2 Å². The number of alkyl halides is 1. The van der Waals surface area contributed by atoms with Crippen molar-refractivity contribution in [3.05, 3.63) is 23.8 Å². The van der Waals surface area contributed by atoms with Crippen molar-refractivity contribution in [2.45, 2.75) is 31.1 Å². The minimum absolute atomic E-state index is 0.0889. The molecule has 0 aromatic heterocycles. The summed E-state index contributed by atoms with van der Waals surface area (Å²) in [5.74, 6) is 1.23. The molecule has 0 saturated heterocycles. The van der Waals surface area contributed by atoms with E-state index in [1.165, 1.54) is 0 Å². The zero-order valence-corrected chi connectivity index (χ0v) is 12.0. The van der Waals surface area contributed by atoms with Gasteiger partial charge in [-0.05, 0) is 31.5 Å². The minimum Gasteiger partial charge on any atom is -0.454 e. The number of fused-ring (bicyclic) bond motifs is 1. The molecule has 0 radical (unpaired) electrons. The Morgan fingerprint density at radius 1 is 1.39 bits per heavy atom. The number of amides is 1. The maximum atomic E-state index is 12.0. The standard InChI is InChI=1S/C13H16BrNO3/c1-8(14)5-9(2)15-13(16)10-3-4-11-12(6-10)18-7-17-11/h3-4,6,8-9H,5,7H2,1-2H3,(H,15,16). The Balaban J connectivity index is 2.01. The second-order valence-electron chi connectivity index (χ2n) is 4.46. The summed E-state index contributed by atoms with van der Waals surface area (Å²) in [5, 5.41) is 2.95. The zero-order chi connectivity index (χ0) is 13.1. The summed E-state index contributed by atoms with van der Waals surface area (Å²) >= 11 is 3.47. The smallest absolute Gasteiger partial charge is 0.251 e. The molecule has 5 heteroatoms. The van der Waals surface area contributed by atoms with Crippen molar-refractivity contribution in [3.8, 4) is 11.5 Å². The molecule has 0 aliphatic carbocycles. The van der Waals surface area contributed by atoms with Crippen LogP contribution in [-0.2, 0) is 0 Å². The number of rotatable bonds is 4. The van der Waals surface area contributed by atoms with E-state index in [-0.39, 0.29) is 18.7 Å². The van der Waals surface area contributed by atoms with Crippen molar-refractivity contribution in [2.75, 3.05) is 6.79 Å². The van der Waals surface area contributed by atoms with Gasteiger partial charge in [-0.1, -0.05) is 22.9 Å². The van der Waals surface area contributed by atoms with E-state index in [0.29, 0.717) is 21.9 Å². The van der Waals surface area contributed by atoms with Gasteiger partial charge in [0.05, 0.1) is 0 Å². The molecule has 0 spiro atoms. The van der Waals surface area contributed by atoms with E-state index >= 15 is 0 Å². The topological polar surface area (TPSA) is 47.6 Å². The van der Waals surface area contributed by atoms with Crippen molar-refractivity contribution in [1.29, 1.82) is 0 Å². The van der Waals surface area contributed by atoms with E-state index in [9.17, 15) is 4.79 Å². The van der Waals surface area contributed by atoms with Gasteiger partial charge in [0.15, 0.2) is 11.5 Å². The van der Waals surface area contributed by atoms with Crippen LogP contribution in [0.5, 0.6) is 11.5 Å². The highest BCUT2D eigenvalue weighted by Gasteiger charge is 2.17. The molecule has 1 heterocycles. The molecule has 1 aliphatic heterocycles. The molecule has 2 rings (SSSR count). The first-order chi connectivity index (χ1) is 8.56. The molecule has 0 saturated carbocycles. The SMILES string of the molecule is CC(Br)CC(C)NC(=O)c1ccc2c(c1)OCO2. The highest BCUT2D eigenvalue weighted by molar-refractivity contribution is 9.09. The van der Waals surface area contributed by atoms with Crippen LogP contribution in [0, 0.1) is 0 Å². The molecule has 1 amide bonds. The highest BCUT2D eigenvalue weighted by Crippen LogP contribution is 2.32. The molecule has 0 fully saturated rings. The summed E-state index contributed by atoms with van der Waals surface area (Å²) in [6.07, 6.45) is 0.885. The van der Waals surface area contributed by atoms with Crippen molar-refractivity contribution in [3.63, 3.8) is 0 Å². The molecule has 1 aromatic rings. The third-order valence-corrected chi connectivity index (χ3v) is 3.06. The van der Waals surface area contributed by atoms with Crippen LogP contribution >= 0.6 is 15.9 Å². The maximum Gasteiger partial charge on any atom is 0.251 e. The molecule has 2 unspecified atom stereocenters. The van der Waals surface area contributed by atoms with Crippen LogP contribution in [0.4, 0.5) is 0 Å². The number of nitrogens with one attached hydrogen (secondary N) is 1. The number of carbonyl (C=O) groups is 1. The van der Waals surface area contributed by atoms with Crippen molar-refractivity contribution in [1.82, 2.24) is 5.32 Å². The molecular formula is C13H16BrNO3. The lowest BCUT2D eigenvalue weighted by Gasteiger charge is -2.15. The Bertz CT molecular complexity index is 448.